The molecule has 0 fully saturated rings. The van der Waals surface area contributed by atoms with Gasteiger partial charge in [-0.2, -0.15) is 0 Å². The van der Waals surface area contributed by atoms with Gasteiger partial charge in [0.15, 0.2) is 0 Å². The van der Waals surface area contributed by atoms with E-state index >= 15 is 0 Å². The van der Waals surface area contributed by atoms with Crippen LogP contribution in [0.25, 0.3) is 0 Å². The van der Waals surface area contributed by atoms with Gasteiger partial charge in [-0.3, -0.25) is 0 Å². The summed E-state index contributed by atoms with van der Waals surface area (Å²) in [6.45, 7) is 6.43. The fraction of sp³-hybridized carbons (Fsp3) is 0.571. The monoisotopic (exact) mass is 204 g/mol. The van der Waals surface area contributed by atoms with E-state index in [1.54, 1.807) is 0 Å². The van der Waals surface area contributed by atoms with Crippen LogP contribution in [0.3, 0.4) is 0 Å². The van der Waals surface area contributed by atoms with Gasteiger partial charge < -0.3 is 5.11 Å². The number of aliphatic hydroxyl groups excluding tert-OH is 1. The van der Waals surface area contributed by atoms with E-state index < -0.39 is 0 Å². The molecule has 0 spiro atoms. The Morgan fingerprint density at radius 1 is 1.13 bits per heavy atom. The van der Waals surface area contributed by atoms with Gasteiger partial charge in [0.05, 0.1) is 6.10 Å². The summed E-state index contributed by atoms with van der Waals surface area (Å²) in [7, 11) is 0. The van der Waals surface area contributed by atoms with E-state index in [9.17, 15) is 5.11 Å². The molecule has 1 aromatic carbocycles. The van der Waals surface area contributed by atoms with Crippen molar-refractivity contribution in [3.05, 3.63) is 34.9 Å². The lowest BCUT2D eigenvalue weighted by Gasteiger charge is -2.12. The van der Waals surface area contributed by atoms with Crippen LogP contribution in [0.4, 0.5) is 0 Å². The van der Waals surface area contributed by atoms with Gasteiger partial charge in [-0.1, -0.05) is 32.0 Å². The Balaban J connectivity index is 2.24. The largest absolute Gasteiger partial charge is 0.389 e. The zero-order valence-electron chi connectivity index (χ0n) is 9.83. The summed E-state index contributed by atoms with van der Waals surface area (Å²) in [5.74, 6) is 1.55. The van der Waals surface area contributed by atoms with Gasteiger partial charge in [0.25, 0.3) is 0 Å². The molecular formula is C14H20O. The van der Waals surface area contributed by atoms with E-state index in [2.05, 4.69) is 32.0 Å². The van der Waals surface area contributed by atoms with Crippen LogP contribution in [-0.2, 0) is 12.8 Å². The van der Waals surface area contributed by atoms with Crippen LogP contribution in [0.15, 0.2) is 18.2 Å². The van der Waals surface area contributed by atoms with Gasteiger partial charge >= 0.3 is 0 Å². The van der Waals surface area contributed by atoms with Crippen LogP contribution in [0.5, 0.6) is 0 Å². The Bertz CT molecular complexity index is 352. The standard InChI is InChI=1S/C14H20O/c1-9(2)13-7-12-5-4-11(10(3)15)6-14(12)8-13/h4-6,9-10,13,15H,7-8H2,1-3H3. The molecule has 0 bridgehead atoms. The van der Waals surface area contributed by atoms with Crippen LogP contribution >= 0.6 is 0 Å². The fourth-order valence-electron chi connectivity index (χ4n) is 2.40. The van der Waals surface area contributed by atoms with Crippen molar-refractivity contribution in [3.8, 4) is 0 Å². The molecule has 2 unspecified atom stereocenters. The topological polar surface area (TPSA) is 20.2 Å². The number of hydrogen-bond acceptors (Lipinski definition) is 1. The van der Waals surface area contributed by atoms with Crippen molar-refractivity contribution >= 4 is 0 Å². The van der Waals surface area contributed by atoms with Crippen molar-refractivity contribution in [2.75, 3.05) is 0 Å². The molecule has 0 saturated carbocycles. The molecule has 2 atom stereocenters. The molecule has 0 amide bonds. The summed E-state index contributed by atoms with van der Waals surface area (Å²) in [6.07, 6.45) is 2.06. The lowest BCUT2D eigenvalue weighted by Crippen LogP contribution is -2.07. The van der Waals surface area contributed by atoms with Crippen LogP contribution < -0.4 is 0 Å². The maximum absolute atomic E-state index is 9.53. The summed E-state index contributed by atoms with van der Waals surface area (Å²) in [6, 6.07) is 6.44. The molecule has 2 rings (SSSR count). The molecule has 1 heteroatoms. The molecule has 15 heavy (non-hydrogen) atoms. The van der Waals surface area contributed by atoms with Crippen molar-refractivity contribution < 1.29 is 5.11 Å². The number of hydrogen-bond donors (Lipinski definition) is 1. The lowest BCUT2D eigenvalue weighted by atomic mass is 9.93. The molecule has 0 heterocycles. The SMILES string of the molecule is CC(O)c1ccc2c(c1)CC(C(C)C)C2. The van der Waals surface area contributed by atoms with Gasteiger partial charge in [-0.05, 0) is 48.3 Å². The van der Waals surface area contributed by atoms with Gasteiger partial charge in [0, 0.05) is 0 Å². The van der Waals surface area contributed by atoms with Crippen LogP contribution in [0.2, 0.25) is 0 Å². The summed E-state index contributed by atoms with van der Waals surface area (Å²) in [4.78, 5) is 0. The fourth-order valence-corrected chi connectivity index (χ4v) is 2.40. The molecule has 0 saturated heterocycles. The third kappa shape index (κ3) is 2.07. The van der Waals surface area contributed by atoms with Crippen LogP contribution in [0, 0.1) is 11.8 Å². The Labute approximate surface area is 92.1 Å². The molecule has 82 valence electrons. The van der Waals surface area contributed by atoms with E-state index in [-0.39, 0.29) is 6.10 Å². The lowest BCUT2D eigenvalue weighted by molar-refractivity contribution is 0.199. The summed E-state index contributed by atoms with van der Waals surface area (Å²) >= 11 is 0. The second kappa shape index (κ2) is 3.97. The average Bonchev–Trinajstić information content (AvgIpc) is 2.59. The maximum Gasteiger partial charge on any atom is 0.0762 e. The average molecular weight is 204 g/mol. The molecule has 1 aromatic rings. The molecule has 1 aliphatic carbocycles. The third-order valence-electron chi connectivity index (χ3n) is 3.62. The maximum atomic E-state index is 9.53. The van der Waals surface area contributed by atoms with Crippen molar-refractivity contribution in [2.45, 2.75) is 39.7 Å². The molecule has 0 aromatic heterocycles. The first-order valence-corrected chi connectivity index (χ1v) is 5.87. The highest BCUT2D eigenvalue weighted by molar-refractivity contribution is 5.37. The molecule has 0 aliphatic heterocycles. The first-order valence-electron chi connectivity index (χ1n) is 5.87. The summed E-state index contributed by atoms with van der Waals surface area (Å²) in [5, 5.41) is 9.53. The predicted molar refractivity (Wildman–Crippen MR) is 62.8 cm³/mol. The number of aliphatic hydroxyl groups is 1. The second-order valence-corrected chi connectivity index (χ2v) is 5.12. The number of rotatable bonds is 2. The van der Waals surface area contributed by atoms with Crippen LogP contribution in [-0.4, -0.2) is 5.11 Å². The molecular weight excluding hydrogens is 184 g/mol. The highest BCUT2D eigenvalue weighted by Crippen LogP contribution is 2.32. The second-order valence-electron chi connectivity index (χ2n) is 5.12. The van der Waals surface area contributed by atoms with Gasteiger partial charge in [-0.25, -0.2) is 0 Å². The Morgan fingerprint density at radius 2 is 1.80 bits per heavy atom. The van der Waals surface area contributed by atoms with E-state index in [0.717, 1.165) is 17.4 Å². The summed E-state index contributed by atoms with van der Waals surface area (Å²) < 4.78 is 0. The minimum absolute atomic E-state index is 0.339. The highest BCUT2D eigenvalue weighted by atomic mass is 16.3. The number of fused-ring (bicyclic) bond motifs is 1. The number of benzene rings is 1. The first kappa shape index (κ1) is 10.7. The zero-order chi connectivity index (χ0) is 11.0. The molecule has 1 nitrogen and oxygen atoms in total. The van der Waals surface area contributed by atoms with Gasteiger partial charge in [-0.15, -0.1) is 0 Å². The van der Waals surface area contributed by atoms with Gasteiger partial charge in [0.2, 0.25) is 0 Å². The van der Waals surface area contributed by atoms with Gasteiger partial charge in [0.1, 0.15) is 0 Å². The van der Waals surface area contributed by atoms with Crippen molar-refractivity contribution in [1.82, 2.24) is 0 Å². The van der Waals surface area contributed by atoms with E-state index in [4.69, 9.17) is 0 Å². The minimum Gasteiger partial charge on any atom is -0.389 e. The highest BCUT2D eigenvalue weighted by Gasteiger charge is 2.24. The Kier molecular flexibility index (Phi) is 2.83. The van der Waals surface area contributed by atoms with Crippen LogP contribution in [0.1, 0.15) is 43.6 Å². The summed E-state index contributed by atoms with van der Waals surface area (Å²) in [5.41, 5.74) is 3.99. The quantitative estimate of drug-likeness (QED) is 0.784. The zero-order valence-corrected chi connectivity index (χ0v) is 9.83. The third-order valence-corrected chi connectivity index (χ3v) is 3.62. The normalized spacial score (nSPS) is 21.8. The smallest absolute Gasteiger partial charge is 0.0762 e. The first-order chi connectivity index (χ1) is 7.08. The predicted octanol–water partition coefficient (Wildman–Crippen LogP) is 3.11. The van der Waals surface area contributed by atoms with Crippen molar-refractivity contribution in [1.29, 1.82) is 0 Å². The Morgan fingerprint density at radius 3 is 2.40 bits per heavy atom. The molecule has 1 aliphatic rings. The molecule has 1 N–H and O–H groups in total. The van der Waals surface area contributed by atoms with E-state index in [1.165, 1.54) is 24.0 Å². The van der Waals surface area contributed by atoms with Crippen molar-refractivity contribution in [3.63, 3.8) is 0 Å². The van der Waals surface area contributed by atoms with E-state index in [1.807, 2.05) is 6.92 Å². The molecule has 0 radical (unpaired) electrons. The van der Waals surface area contributed by atoms with E-state index in [0.29, 0.717) is 0 Å². The Hall–Kier alpha value is -0.820. The van der Waals surface area contributed by atoms with Crippen molar-refractivity contribution in [2.24, 2.45) is 11.8 Å². The minimum atomic E-state index is -0.339.